The zero-order valence-electron chi connectivity index (χ0n) is 12.1. The van der Waals surface area contributed by atoms with Gasteiger partial charge in [-0.3, -0.25) is 9.59 Å². The zero-order chi connectivity index (χ0) is 16.4. The Labute approximate surface area is 128 Å². The molecule has 22 heavy (non-hydrogen) atoms. The highest BCUT2D eigenvalue weighted by Crippen LogP contribution is 1.95. The van der Waals surface area contributed by atoms with Crippen LogP contribution in [-0.2, 0) is 16.3 Å². The number of primary amides is 2. The molecule has 0 aromatic carbocycles. The van der Waals surface area contributed by atoms with Crippen molar-refractivity contribution in [1.29, 1.82) is 0 Å². The molecule has 0 aliphatic heterocycles. The van der Waals surface area contributed by atoms with Crippen molar-refractivity contribution in [3.8, 4) is 0 Å². The van der Waals surface area contributed by atoms with Gasteiger partial charge >= 0.3 is 0 Å². The predicted octanol–water partition coefficient (Wildman–Crippen LogP) is -0.294. The number of nitrogens with one attached hydrogen (secondary N) is 1. The van der Waals surface area contributed by atoms with Gasteiger partial charge in [-0.05, 0) is 12.3 Å². The summed E-state index contributed by atoms with van der Waals surface area (Å²) >= 11 is 0. The van der Waals surface area contributed by atoms with Crippen LogP contribution in [0.25, 0.3) is 0 Å². The molecule has 1 rings (SSSR count). The first kappa shape index (κ1) is 17.1. The van der Waals surface area contributed by atoms with E-state index in [0.29, 0.717) is 17.9 Å². The third kappa shape index (κ3) is 6.02. The van der Waals surface area contributed by atoms with Crippen molar-refractivity contribution in [3.63, 3.8) is 0 Å². The highest BCUT2D eigenvalue weighted by atomic mass is 16.5. The average molecular weight is 303 g/mol. The van der Waals surface area contributed by atoms with Crippen LogP contribution in [-0.4, -0.2) is 18.5 Å². The molecule has 0 atom stereocenters. The fraction of sp³-hybridized carbons (Fsp3) is 0.133. The van der Waals surface area contributed by atoms with Crippen molar-refractivity contribution in [2.45, 2.75) is 6.73 Å². The Kier molecular flexibility index (Phi) is 7.07. The number of carbonyl (C=O) groups excluding carboxylic acids is 2. The highest BCUT2D eigenvalue weighted by Gasteiger charge is 2.04. The summed E-state index contributed by atoms with van der Waals surface area (Å²) in [6.07, 6.45) is 9.45. The smallest absolute Gasteiger partial charge is 0.254 e. The van der Waals surface area contributed by atoms with Crippen LogP contribution in [0.1, 0.15) is 10.4 Å². The van der Waals surface area contributed by atoms with E-state index in [-0.39, 0.29) is 6.73 Å². The lowest BCUT2D eigenvalue weighted by Gasteiger charge is -2.01. The maximum absolute atomic E-state index is 11.0. The average Bonchev–Trinajstić information content (AvgIpc) is 2.49. The summed E-state index contributed by atoms with van der Waals surface area (Å²) < 4.78 is 7.09. The van der Waals surface area contributed by atoms with Gasteiger partial charge in [0.2, 0.25) is 11.8 Å². The minimum absolute atomic E-state index is 0.237. The number of hydrogen-bond acceptors (Lipinski definition) is 4. The maximum Gasteiger partial charge on any atom is 0.254 e. The summed E-state index contributed by atoms with van der Waals surface area (Å²) in [5.74, 6) is -1.01. The predicted molar refractivity (Wildman–Crippen MR) is 80.9 cm³/mol. The van der Waals surface area contributed by atoms with Crippen molar-refractivity contribution in [3.05, 3.63) is 66.7 Å². The maximum atomic E-state index is 11.0. The van der Waals surface area contributed by atoms with Crippen LogP contribution < -0.4 is 21.4 Å². The number of rotatable bonds is 9. The van der Waals surface area contributed by atoms with Crippen molar-refractivity contribution in [2.24, 2.45) is 11.5 Å². The SMILES string of the molecule is C=C/C=C(\C=C/NCOC[n+]1ccc(C(N)=O)cc1)C(N)=O. The van der Waals surface area contributed by atoms with Crippen LogP contribution >= 0.6 is 0 Å². The van der Waals surface area contributed by atoms with Gasteiger partial charge in [-0.25, -0.2) is 0 Å². The summed E-state index contributed by atoms with van der Waals surface area (Å²) in [7, 11) is 0. The molecular formula is C15H19N4O3+. The zero-order valence-corrected chi connectivity index (χ0v) is 12.1. The number of pyridine rings is 1. The van der Waals surface area contributed by atoms with Crippen molar-refractivity contribution >= 4 is 11.8 Å². The lowest BCUT2D eigenvalue weighted by Crippen LogP contribution is -2.35. The second-order valence-corrected chi connectivity index (χ2v) is 4.20. The first-order valence-electron chi connectivity index (χ1n) is 6.43. The van der Waals surface area contributed by atoms with Crippen molar-refractivity contribution in [2.75, 3.05) is 6.73 Å². The van der Waals surface area contributed by atoms with E-state index in [2.05, 4.69) is 11.9 Å². The minimum atomic E-state index is -0.538. The summed E-state index contributed by atoms with van der Waals surface area (Å²) in [6, 6.07) is 3.22. The van der Waals surface area contributed by atoms with Crippen molar-refractivity contribution < 1.29 is 18.9 Å². The van der Waals surface area contributed by atoms with Gasteiger partial charge in [-0.1, -0.05) is 18.7 Å². The van der Waals surface area contributed by atoms with Gasteiger partial charge in [0.15, 0.2) is 12.4 Å². The number of hydrogen-bond donors (Lipinski definition) is 3. The molecule has 2 amide bonds. The second kappa shape index (κ2) is 9.09. The van der Waals surface area contributed by atoms with Gasteiger partial charge in [-0.15, -0.1) is 0 Å². The van der Waals surface area contributed by atoms with E-state index in [1.165, 1.54) is 18.2 Å². The van der Waals surface area contributed by atoms with Gasteiger partial charge < -0.3 is 21.5 Å². The number of nitrogens with two attached hydrogens (primary N) is 2. The Bertz CT molecular complexity index is 591. The first-order valence-corrected chi connectivity index (χ1v) is 6.43. The van der Waals surface area contributed by atoms with E-state index in [4.69, 9.17) is 16.2 Å². The normalized spacial score (nSPS) is 11.4. The molecular weight excluding hydrogens is 284 g/mol. The molecule has 0 radical (unpaired) electrons. The third-order valence-electron chi connectivity index (χ3n) is 2.56. The number of aromatic nitrogens is 1. The topological polar surface area (TPSA) is 111 Å². The molecule has 7 nitrogen and oxygen atoms in total. The van der Waals surface area contributed by atoms with Crippen molar-refractivity contribution in [1.82, 2.24) is 5.32 Å². The number of allylic oxidation sites excluding steroid dienone is 2. The van der Waals surface area contributed by atoms with E-state index in [0.717, 1.165) is 0 Å². The van der Waals surface area contributed by atoms with Gasteiger partial charge in [-0.2, -0.15) is 4.57 Å². The molecule has 0 saturated heterocycles. The molecule has 0 unspecified atom stereocenters. The Balaban J connectivity index is 2.33. The van der Waals surface area contributed by atoms with E-state index in [1.807, 2.05) is 0 Å². The minimum Gasteiger partial charge on any atom is -0.368 e. The number of nitrogens with zero attached hydrogens (tertiary/aromatic N) is 1. The molecule has 0 saturated carbocycles. The quantitative estimate of drug-likeness (QED) is 0.191. The first-order chi connectivity index (χ1) is 10.5. The monoisotopic (exact) mass is 303 g/mol. The van der Waals surface area contributed by atoms with Crippen LogP contribution in [0, 0.1) is 0 Å². The Morgan fingerprint density at radius 2 is 2.00 bits per heavy atom. The summed E-state index contributed by atoms with van der Waals surface area (Å²) in [5.41, 5.74) is 11.1. The molecule has 0 bridgehead atoms. The van der Waals surface area contributed by atoms with Crippen LogP contribution in [0.3, 0.4) is 0 Å². The van der Waals surface area contributed by atoms with E-state index < -0.39 is 11.8 Å². The largest absolute Gasteiger partial charge is 0.368 e. The Hall–Kier alpha value is -2.93. The van der Waals surface area contributed by atoms with Crippen LogP contribution in [0.15, 0.2) is 61.1 Å². The van der Waals surface area contributed by atoms with Gasteiger partial charge in [0.25, 0.3) is 6.73 Å². The summed E-state index contributed by atoms with van der Waals surface area (Å²) in [5, 5.41) is 2.86. The molecule has 1 aromatic heterocycles. The van der Waals surface area contributed by atoms with E-state index in [1.54, 1.807) is 35.3 Å². The lowest BCUT2D eigenvalue weighted by molar-refractivity contribution is -0.732. The van der Waals surface area contributed by atoms with E-state index >= 15 is 0 Å². The fourth-order valence-corrected chi connectivity index (χ4v) is 1.46. The number of amides is 2. The van der Waals surface area contributed by atoms with Gasteiger partial charge in [0.1, 0.15) is 6.73 Å². The van der Waals surface area contributed by atoms with Crippen LogP contribution in [0.4, 0.5) is 0 Å². The molecule has 0 spiro atoms. The third-order valence-corrected chi connectivity index (χ3v) is 2.56. The molecule has 1 heterocycles. The molecule has 0 aliphatic carbocycles. The number of carbonyl (C=O) groups is 2. The summed E-state index contributed by atoms with van der Waals surface area (Å²) in [6.45, 7) is 4.03. The molecule has 5 N–H and O–H groups in total. The lowest BCUT2D eigenvalue weighted by atomic mass is 10.2. The Morgan fingerprint density at radius 1 is 1.32 bits per heavy atom. The molecule has 116 valence electrons. The standard InChI is InChI=1S/C15H18N4O3/c1-2-3-12(14(16)20)4-7-18-10-22-11-19-8-5-13(6-9-19)15(17)21/h2-9,18H,1,10-11H2,(H3-,16,17,20,21)/p+1/b7-4-,12-3+. The molecule has 7 heteroatoms. The Morgan fingerprint density at radius 3 is 2.55 bits per heavy atom. The fourth-order valence-electron chi connectivity index (χ4n) is 1.46. The summed E-state index contributed by atoms with van der Waals surface area (Å²) in [4.78, 5) is 21.9. The van der Waals surface area contributed by atoms with Crippen LogP contribution in [0.2, 0.25) is 0 Å². The van der Waals surface area contributed by atoms with E-state index in [9.17, 15) is 9.59 Å². The highest BCUT2D eigenvalue weighted by molar-refractivity contribution is 5.95. The molecule has 1 aromatic rings. The molecule has 0 fully saturated rings. The van der Waals surface area contributed by atoms with Gasteiger partial charge in [0.05, 0.1) is 5.56 Å². The van der Waals surface area contributed by atoms with Crippen LogP contribution in [0.5, 0.6) is 0 Å². The van der Waals surface area contributed by atoms with Gasteiger partial charge in [0, 0.05) is 17.7 Å². The second-order valence-electron chi connectivity index (χ2n) is 4.20. The molecule has 0 aliphatic rings. The number of ether oxygens (including phenoxy) is 1.